The smallest absolute Gasteiger partial charge is 0.225 e. The zero-order valence-corrected chi connectivity index (χ0v) is 15.4. The maximum atomic E-state index is 12.0. The number of aromatic nitrogens is 4. The first kappa shape index (κ1) is 17.9. The van der Waals surface area contributed by atoms with Crippen molar-refractivity contribution in [1.82, 2.24) is 20.2 Å². The van der Waals surface area contributed by atoms with Gasteiger partial charge in [-0.1, -0.05) is 29.5 Å². The van der Waals surface area contributed by atoms with E-state index in [0.717, 1.165) is 17.2 Å². The summed E-state index contributed by atoms with van der Waals surface area (Å²) in [4.78, 5) is 12.0. The molecule has 0 radical (unpaired) electrons. The highest BCUT2D eigenvalue weighted by atomic mass is 32.2. The van der Waals surface area contributed by atoms with Crippen molar-refractivity contribution in [2.45, 2.75) is 18.5 Å². The lowest BCUT2D eigenvalue weighted by atomic mass is 10.2. The summed E-state index contributed by atoms with van der Waals surface area (Å²) in [5.74, 6) is 2.05. The number of hydrogen-bond donors (Lipinski definition) is 1. The molecule has 0 saturated heterocycles. The molecule has 134 valence electrons. The first-order valence-corrected chi connectivity index (χ1v) is 9.08. The first-order valence-electron chi connectivity index (χ1n) is 8.10. The van der Waals surface area contributed by atoms with Crippen LogP contribution in [0.5, 0.6) is 11.5 Å². The lowest BCUT2D eigenvalue weighted by molar-refractivity contribution is -0.115. The van der Waals surface area contributed by atoms with Crippen molar-refractivity contribution in [2.75, 3.05) is 11.1 Å². The van der Waals surface area contributed by atoms with Crippen molar-refractivity contribution in [3.05, 3.63) is 54.1 Å². The molecule has 1 aromatic heterocycles. The predicted molar refractivity (Wildman–Crippen MR) is 100 cm³/mol. The van der Waals surface area contributed by atoms with Gasteiger partial charge in [-0.2, -0.15) is 0 Å². The number of nitrogens with one attached hydrogen (secondary N) is 1. The number of aryl methyl sites for hydroxylation is 2. The van der Waals surface area contributed by atoms with Gasteiger partial charge in [-0.25, -0.2) is 4.68 Å². The highest BCUT2D eigenvalue weighted by molar-refractivity contribution is 7.99. The van der Waals surface area contributed by atoms with E-state index in [2.05, 4.69) is 20.8 Å². The zero-order chi connectivity index (χ0) is 18.4. The van der Waals surface area contributed by atoms with Crippen LogP contribution in [0.1, 0.15) is 12.0 Å². The number of anilines is 1. The Hall–Kier alpha value is -2.87. The van der Waals surface area contributed by atoms with Gasteiger partial charge in [-0.15, -0.1) is 5.10 Å². The number of ether oxygens (including phenoxy) is 1. The SMILES string of the molecule is Cc1ccc(Oc2ccc(NC(=O)CCSc3nnnn3C)cc2)cc1. The number of nitrogens with zero attached hydrogens (tertiary/aromatic N) is 4. The van der Waals surface area contributed by atoms with Crippen molar-refractivity contribution in [3.8, 4) is 11.5 Å². The normalized spacial score (nSPS) is 10.5. The molecule has 8 heteroatoms. The topological polar surface area (TPSA) is 81.9 Å². The largest absolute Gasteiger partial charge is 0.457 e. The Kier molecular flexibility index (Phi) is 5.85. The van der Waals surface area contributed by atoms with Gasteiger partial charge in [0.1, 0.15) is 11.5 Å². The second-order valence-corrected chi connectivity index (χ2v) is 6.73. The number of thioether (sulfide) groups is 1. The minimum atomic E-state index is -0.0557. The molecule has 26 heavy (non-hydrogen) atoms. The quantitative estimate of drug-likeness (QED) is 0.643. The fourth-order valence-electron chi connectivity index (χ4n) is 2.15. The third-order valence-corrected chi connectivity index (χ3v) is 4.55. The minimum absolute atomic E-state index is 0.0557. The van der Waals surface area contributed by atoms with E-state index in [0.29, 0.717) is 17.3 Å². The third-order valence-electron chi connectivity index (χ3n) is 3.54. The van der Waals surface area contributed by atoms with Gasteiger partial charge in [0.25, 0.3) is 0 Å². The fourth-order valence-corrected chi connectivity index (χ4v) is 2.94. The van der Waals surface area contributed by atoms with E-state index in [1.165, 1.54) is 17.3 Å². The Morgan fingerprint density at radius 2 is 1.77 bits per heavy atom. The molecular formula is C18H19N5O2S. The summed E-state index contributed by atoms with van der Waals surface area (Å²) in [5, 5.41) is 14.7. The van der Waals surface area contributed by atoms with Crippen LogP contribution in [0, 0.1) is 6.92 Å². The Morgan fingerprint density at radius 1 is 1.12 bits per heavy atom. The van der Waals surface area contributed by atoms with Crippen LogP contribution >= 0.6 is 11.8 Å². The first-order chi connectivity index (χ1) is 12.6. The van der Waals surface area contributed by atoms with Crippen LogP contribution in [0.4, 0.5) is 5.69 Å². The van der Waals surface area contributed by atoms with Gasteiger partial charge in [0.2, 0.25) is 11.1 Å². The number of amides is 1. The standard InChI is InChI=1S/C18H19N5O2S/c1-13-3-7-15(8-4-13)25-16-9-5-14(6-10-16)19-17(24)11-12-26-18-20-21-22-23(18)2/h3-10H,11-12H2,1-2H3,(H,19,24). The summed E-state index contributed by atoms with van der Waals surface area (Å²) in [7, 11) is 1.77. The van der Waals surface area contributed by atoms with Gasteiger partial charge in [0, 0.05) is 24.9 Å². The molecule has 0 spiro atoms. The molecule has 0 bridgehead atoms. The zero-order valence-electron chi connectivity index (χ0n) is 14.5. The van der Waals surface area contributed by atoms with Crippen LogP contribution < -0.4 is 10.1 Å². The van der Waals surface area contributed by atoms with Crippen LogP contribution in [-0.2, 0) is 11.8 Å². The molecule has 0 saturated carbocycles. The number of hydrogen-bond acceptors (Lipinski definition) is 6. The summed E-state index contributed by atoms with van der Waals surface area (Å²) < 4.78 is 7.35. The van der Waals surface area contributed by atoms with Crippen molar-refractivity contribution >= 4 is 23.4 Å². The van der Waals surface area contributed by atoms with Crippen LogP contribution in [0.15, 0.2) is 53.7 Å². The molecule has 1 heterocycles. The van der Waals surface area contributed by atoms with E-state index in [-0.39, 0.29) is 5.91 Å². The number of carbonyl (C=O) groups is 1. The van der Waals surface area contributed by atoms with E-state index in [1.807, 2.05) is 55.5 Å². The maximum Gasteiger partial charge on any atom is 0.225 e. The molecule has 1 amide bonds. The van der Waals surface area contributed by atoms with Crippen molar-refractivity contribution in [3.63, 3.8) is 0 Å². The molecule has 0 fully saturated rings. The molecule has 3 aromatic rings. The number of tetrazole rings is 1. The molecule has 7 nitrogen and oxygen atoms in total. The maximum absolute atomic E-state index is 12.0. The van der Waals surface area contributed by atoms with Gasteiger partial charge in [0.15, 0.2) is 0 Å². The summed E-state index contributed by atoms with van der Waals surface area (Å²) in [6.07, 6.45) is 0.374. The van der Waals surface area contributed by atoms with Gasteiger partial charge in [0.05, 0.1) is 0 Å². The van der Waals surface area contributed by atoms with Gasteiger partial charge < -0.3 is 10.1 Å². The predicted octanol–water partition coefficient (Wildman–Crippen LogP) is 3.43. The molecule has 0 aliphatic heterocycles. The molecule has 0 aliphatic carbocycles. The second kappa shape index (κ2) is 8.48. The minimum Gasteiger partial charge on any atom is -0.457 e. The molecule has 2 aromatic carbocycles. The molecular weight excluding hydrogens is 350 g/mol. The Bertz CT molecular complexity index is 862. The lowest BCUT2D eigenvalue weighted by Gasteiger charge is -2.08. The van der Waals surface area contributed by atoms with Gasteiger partial charge in [-0.05, 0) is 53.7 Å². The fraction of sp³-hybridized carbons (Fsp3) is 0.222. The number of carbonyl (C=O) groups excluding carboxylic acids is 1. The highest BCUT2D eigenvalue weighted by Crippen LogP contribution is 2.23. The van der Waals surface area contributed by atoms with Crippen LogP contribution in [0.25, 0.3) is 0 Å². The molecule has 0 atom stereocenters. The highest BCUT2D eigenvalue weighted by Gasteiger charge is 2.07. The summed E-state index contributed by atoms with van der Waals surface area (Å²) in [6, 6.07) is 15.1. The molecule has 0 aliphatic rings. The third kappa shape index (κ3) is 5.06. The van der Waals surface area contributed by atoms with E-state index in [4.69, 9.17) is 4.74 Å². The van der Waals surface area contributed by atoms with E-state index in [9.17, 15) is 4.79 Å². The monoisotopic (exact) mass is 369 g/mol. The molecule has 1 N–H and O–H groups in total. The van der Waals surface area contributed by atoms with E-state index in [1.54, 1.807) is 11.7 Å². The van der Waals surface area contributed by atoms with Crippen LogP contribution in [-0.4, -0.2) is 31.9 Å². The average molecular weight is 369 g/mol. The Morgan fingerprint density at radius 3 is 2.38 bits per heavy atom. The number of rotatable bonds is 7. The Balaban J connectivity index is 1.46. The van der Waals surface area contributed by atoms with E-state index >= 15 is 0 Å². The Labute approximate surface area is 155 Å². The lowest BCUT2D eigenvalue weighted by Crippen LogP contribution is -2.12. The van der Waals surface area contributed by atoms with Crippen molar-refractivity contribution in [2.24, 2.45) is 7.05 Å². The van der Waals surface area contributed by atoms with Crippen LogP contribution in [0.3, 0.4) is 0 Å². The van der Waals surface area contributed by atoms with Crippen LogP contribution in [0.2, 0.25) is 0 Å². The molecule has 3 rings (SSSR count). The summed E-state index contributed by atoms with van der Waals surface area (Å²) in [6.45, 7) is 2.03. The van der Waals surface area contributed by atoms with Crippen molar-refractivity contribution < 1.29 is 9.53 Å². The average Bonchev–Trinajstić information content (AvgIpc) is 3.04. The van der Waals surface area contributed by atoms with Crippen molar-refractivity contribution in [1.29, 1.82) is 0 Å². The second-order valence-electron chi connectivity index (χ2n) is 5.67. The number of benzene rings is 2. The van der Waals surface area contributed by atoms with Gasteiger partial charge in [-0.3, -0.25) is 4.79 Å². The summed E-state index contributed by atoms with van der Waals surface area (Å²) >= 11 is 1.44. The van der Waals surface area contributed by atoms with E-state index < -0.39 is 0 Å². The molecule has 0 unspecified atom stereocenters. The van der Waals surface area contributed by atoms with Gasteiger partial charge >= 0.3 is 0 Å². The summed E-state index contributed by atoms with van der Waals surface area (Å²) in [5.41, 5.74) is 1.92.